The summed E-state index contributed by atoms with van der Waals surface area (Å²) in [5.41, 5.74) is 3.79. The summed E-state index contributed by atoms with van der Waals surface area (Å²) in [6, 6.07) is 4.01. The van der Waals surface area contributed by atoms with Gasteiger partial charge in [-0.05, 0) is 50.8 Å². The maximum atomic E-state index is 12.0. The number of carbonyl (C=O) groups is 1. The minimum Gasteiger partial charge on any atom is -0.431 e. The first-order chi connectivity index (χ1) is 8.56. The molecule has 0 saturated carbocycles. The summed E-state index contributed by atoms with van der Waals surface area (Å²) in [6.07, 6.45) is 6.64. The molecule has 0 radical (unpaired) electrons. The highest BCUT2D eigenvalue weighted by Gasteiger charge is 2.13. The van der Waals surface area contributed by atoms with E-state index in [4.69, 9.17) is 4.74 Å². The summed E-state index contributed by atoms with van der Waals surface area (Å²) in [5.74, 6) is -0.266. The lowest BCUT2D eigenvalue weighted by molar-refractivity contribution is 0.0660. The molecule has 0 aliphatic carbocycles. The Morgan fingerprint density at radius 1 is 1.22 bits per heavy atom. The molecule has 0 fully saturated rings. The van der Waals surface area contributed by atoms with E-state index in [1.807, 2.05) is 39.0 Å². The zero-order valence-corrected chi connectivity index (χ0v) is 11.7. The third kappa shape index (κ3) is 4.02. The number of allylic oxidation sites excluding steroid dienone is 1. The number of ether oxygens (including phenoxy) is 1. The van der Waals surface area contributed by atoms with Crippen LogP contribution in [0.25, 0.3) is 0 Å². The van der Waals surface area contributed by atoms with E-state index in [1.165, 1.54) is 11.8 Å². The van der Waals surface area contributed by atoms with E-state index >= 15 is 0 Å². The van der Waals surface area contributed by atoms with Crippen molar-refractivity contribution in [2.75, 3.05) is 0 Å². The van der Waals surface area contributed by atoms with Gasteiger partial charge in [0.05, 0.1) is 11.8 Å². The molecule has 0 unspecified atom stereocenters. The second-order valence-electron chi connectivity index (χ2n) is 4.69. The maximum Gasteiger partial charge on any atom is 0.343 e. The Kier molecular flexibility index (Phi) is 5.63. The molecule has 0 spiro atoms. The van der Waals surface area contributed by atoms with Gasteiger partial charge in [-0.15, -0.1) is 0 Å². The van der Waals surface area contributed by atoms with Crippen molar-refractivity contribution in [1.82, 2.24) is 0 Å². The number of benzene rings is 1. The van der Waals surface area contributed by atoms with Crippen molar-refractivity contribution in [3.8, 4) is 0 Å². The molecule has 0 atom stereocenters. The van der Waals surface area contributed by atoms with Crippen LogP contribution in [0.4, 0.5) is 0 Å². The molecule has 0 aliphatic rings. The predicted molar refractivity (Wildman–Crippen MR) is 74.7 cm³/mol. The van der Waals surface area contributed by atoms with Crippen molar-refractivity contribution in [1.29, 1.82) is 0 Å². The lowest BCUT2D eigenvalue weighted by atomic mass is 10.0. The van der Waals surface area contributed by atoms with Gasteiger partial charge < -0.3 is 4.74 Å². The largest absolute Gasteiger partial charge is 0.431 e. The van der Waals surface area contributed by atoms with Gasteiger partial charge >= 0.3 is 5.97 Å². The molecule has 0 heterocycles. The molecule has 1 aromatic carbocycles. The first-order valence-electron chi connectivity index (χ1n) is 6.50. The van der Waals surface area contributed by atoms with Gasteiger partial charge in [0.25, 0.3) is 0 Å². The average molecular weight is 246 g/mol. The van der Waals surface area contributed by atoms with Crippen molar-refractivity contribution < 1.29 is 9.53 Å². The van der Waals surface area contributed by atoms with Crippen LogP contribution >= 0.6 is 0 Å². The third-order valence-electron chi connectivity index (χ3n) is 2.88. The van der Waals surface area contributed by atoms with E-state index in [2.05, 4.69) is 6.92 Å². The number of esters is 1. The van der Waals surface area contributed by atoms with Gasteiger partial charge in [-0.25, -0.2) is 4.79 Å². The first-order valence-corrected chi connectivity index (χ1v) is 6.50. The van der Waals surface area contributed by atoms with Gasteiger partial charge in [-0.2, -0.15) is 0 Å². The fraction of sp³-hybridized carbons (Fsp3) is 0.438. The smallest absolute Gasteiger partial charge is 0.343 e. The van der Waals surface area contributed by atoms with Gasteiger partial charge in [0, 0.05) is 0 Å². The fourth-order valence-electron chi connectivity index (χ4n) is 2.06. The average Bonchev–Trinajstić information content (AvgIpc) is 2.27. The van der Waals surface area contributed by atoms with Crippen molar-refractivity contribution in [2.45, 2.75) is 47.0 Å². The Labute approximate surface area is 110 Å². The summed E-state index contributed by atoms with van der Waals surface area (Å²) < 4.78 is 5.16. The monoisotopic (exact) mass is 246 g/mol. The molecule has 0 aliphatic heterocycles. The molecule has 0 N–H and O–H groups in total. The molecule has 0 aromatic heterocycles. The van der Waals surface area contributed by atoms with Crippen LogP contribution in [0.2, 0.25) is 0 Å². The fourth-order valence-corrected chi connectivity index (χ4v) is 2.06. The van der Waals surface area contributed by atoms with Crippen LogP contribution in [0.15, 0.2) is 24.5 Å². The first kappa shape index (κ1) is 14.5. The Balaban J connectivity index is 2.70. The van der Waals surface area contributed by atoms with Crippen molar-refractivity contribution in [3.63, 3.8) is 0 Å². The quantitative estimate of drug-likeness (QED) is 0.435. The molecular formula is C16H22O2. The van der Waals surface area contributed by atoms with Crippen LogP contribution < -0.4 is 0 Å². The number of hydrogen-bond acceptors (Lipinski definition) is 2. The molecule has 2 nitrogen and oxygen atoms in total. The Morgan fingerprint density at radius 3 is 2.39 bits per heavy atom. The van der Waals surface area contributed by atoms with Crippen LogP contribution in [0, 0.1) is 20.8 Å². The molecular weight excluding hydrogens is 224 g/mol. The highest BCUT2D eigenvalue weighted by atomic mass is 16.5. The number of rotatable bonds is 5. The zero-order chi connectivity index (χ0) is 13.5. The van der Waals surface area contributed by atoms with Gasteiger partial charge in [-0.3, -0.25) is 0 Å². The second-order valence-corrected chi connectivity index (χ2v) is 4.69. The summed E-state index contributed by atoms with van der Waals surface area (Å²) in [4.78, 5) is 12.0. The normalized spacial score (nSPS) is 10.9. The molecule has 98 valence electrons. The molecule has 0 amide bonds. The summed E-state index contributed by atoms with van der Waals surface area (Å²) >= 11 is 0. The molecule has 0 bridgehead atoms. The highest BCUT2D eigenvalue weighted by molar-refractivity contribution is 5.93. The minimum atomic E-state index is -0.266. The van der Waals surface area contributed by atoms with Gasteiger partial charge in [0.15, 0.2) is 0 Å². The number of carbonyl (C=O) groups excluding carboxylic acids is 1. The van der Waals surface area contributed by atoms with Gasteiger partial charge in [-0.1, -0.05) is 31.0 Å². The number of unbranched alkanes of at least 4 members (excludes halogenated alkanes) is 2. The summed E-state index contributed by atoms with van der Waals surface area (Å²) in [6.45, 7) is 8.05. The second kappa shape index (κ2) is 7.00. The SMILES string of the molecule is CCCC/C=C/OC(=O)c1c(C)cc(C)cc1C. The van der Waals surface area contributed by atoms with E-state index in [1.54, 1.807) is 0 Å². The topological polar surface area (TPSA) is 26.3 Å². The minimum absolute atomic E-state index is 0.266. The van der Waals surface area contributed by atoms with Crippen molar-refractivity contribution in [3.05, 3.63) is 46.7 Å². The van der Waals surface area contributed by atoms with Crippen LogP contribution in [-0.2, 0) is 4.74 Å². The van der Waals surface area contributed by atoms with E-state index in [-0.39, 0.29) is 5.97 Å². The molecule has 2 heteroatoms. The summed E-state index contributed by atoms with van der Waals surface area (Å²) in [7, 11) is 0. The van der Waals surface area contributed by atoms with Gasteiger partial charge in [0.2, 0.25) is 0 Å². The van der Waals surface area contributed by atoms with E-state index in [0.29, 0.717) is 5.56 Å². The molecule has 1 rings (SSSR count). The van der Waals surface area contributed by atoms with Crippen LogP contribution in [-0.4, -0.2) is 5.97 Å². The van der Waals surface area contributed by atoms with Crippen molar-refractivity contribution >= 4 is 5.97 Å². The molecule has 0 saturated heterocycles. The Bertz CT molecular complexity index is 421. The van der Waals surface area contributed by atoms with Crippen LogP contribution in [0.1, 0.15) is 53.2 Å². The lowest BCUT2D eigenvalue weighted by Gasteiger charge is -2.08. The lowest BCUT2D eigenvalue weighted by Crippen LogP contribution is -2.06. The Hall–Kier alpha value is -1.57. The Morgan fingerprint density at radius 2 is 1.83 bits per heavy atom. The molecule has 1 aromatic rings. The number of hydrogen-bond donors (Lipinski definition) is 0. The zero-order valence-electron chi connectivity index (χ0n) is 11.7. The van der Waals surface area contributed by atoms with E-state index in [0.717, 1.165) is 30.4 Å². The maximum absolute atomic E-state index is 12.0. The van der Waals surface area contributed by atoms with E-state index in [9.17, 15) is 4.79 Å². The third-order valence-corrected chi connectivity index (χ3v) is 2.88. The summed E-state index contributed by atoms with van der Waals surface area (Å²) in [5, 5.41) is 0. The number of aryl methyl sites for hydroxylation is 3. The van der Waals surface area contributed by atoms with Crippen molar-refractivity contribution in [2.24, 2.45) is 0 Å². The van der Waals surface area contributed by atoms with Crippen LogP contribution in [0.3, 0.4) is 0 Å². The van der Waals surface area contributed by atoms with Gasteiger partial charge in [0.1, 0.15) is 0 Å². The predicted octanol–water partition coefficient (Wildman–Crippen LogP) is 4.47. The van der Waals surface area contributed by atoms with Crippen LogP contribution in [0.5, 0.6) is 0 Å². The van der Waals surface area contributed by atoms with E-state index < -0.39 is 0 Å². The standard InChI is InChI=1S/C16H22O2/c1-5-6-7-8-9-18-16(17)15-13(3)10-12(2)11-14(15)4/h8-11H,5-7H2,1-4H3/b9-8+. The molecule has 18 heavy (non-hydrogen) atoms. The highest BCUT2D eigenvalue weighted by Crippen LogP contribution is 2.17.